The molecule has 1 fully saturated rings. The molecule has 21 heavy (non-hydrogen) atoms. The second kappa shape index (κ2) is 5.26. The van der Waals surface area contributed by atoms with Crippen LogP contribution in [0.5, 0.6) is 0 Å². The van der Waals surface area contributed by atoms with Gasteiger partial charge in [0.15, 0.2) is 0 Å². The fraction of sp³-hybridized carbons (Fsp3) is 0.400. The number of sulfonamides is 1. The van der Waals surface area contributed by atoms with Gasteiger partial charge in [-0.25, -0.2) is 13.4 Å². The molecule has 0 aromatic carbocycles. The largest absolute Gasteiger partial charge is 0.480 e. The molecular formula is C10H12N4O6S. The van der Waals surface area contributed by atoms with Crippen LogP contribution >= 0.6 is 0 Å². The van der Waals surface area contributed by atoms with Crippen LogP contribution in [-0.4, -0.2) is 46.3 Å². The molecule has 1 atom stereocenters. The Morgan fingerprint density at radius 3 is 2.81 bits per heavy atom. The zero-order chi connectivity index (χ0) is 15.8. The van der Waals surface area contributed by atoms with E-state index >= 15 is 0 Å². The number of nitrogen functional groups attached to an aromatic ring is 1. The van der Waals surface area contributed by atoms with E-state index in [1.807, 2.05) is 0 Å². The van der Waals surface area contributed by atoms with Gasteiger partial charge in [0.25, 0.3) is 0 Å². The maximum absolute atomic E-state index is 12.4. The number of nitro groups is 1. The SMILES string of the molecule is Nc1ncc(S(=O)(=O)N2CCCC2C(=O)O)cc1[N+](=O)[O-]. The number of nitrogens with two attached hydrogens (primary N) is 1. The van der Waals surface area contributed by atoms with Crippen LogP contribution in [0.3, 0.4) is 0 Å². The van der Waals surface area contributed by atoms with Crippen LogP contribution in [0.1, 0.15) is 12.8 Å². The third-order valence-corrected chi connectivity index (χ3v) is 5.04. The first kappa shape index (κ1) is 15.1. The lowest BCUT2D eigenvalue weighted by atomic mass is 10.2. The molecule has 11 heteroatoms. The van der Waals surface area contributed by atoms with Crippen molar-refractivity contribution in [1.82, 2.24) is 9.29 Å². The number of hydrogen-bond acceptors (Lipinski definition) is 7. The first-order valence-electron chi connectivity index (χ1n) is 5.89. The minimum atomic E-state index is -4.18. The van der Waals surface area contributed by atoms with E-state index in [-0.39, 0.29) is 13.0 Å². The highest BCUT2D eigenvalue weighted by atomic mass is 32.2. The standard InChI is InChI=1S/C10H12N4O6S/c11-9-8(14(17)18)4-6(5-12-9)21(19,20)13-3-1-2-7(13)10(15)16/h4-5,7H,1-3H2,(H2,11,12)(H,15,16). The smallest absolute Gasteiger partial charge is 0.322 e. The number of aromatic nitrogens is 1. The van der Waals surface area contributed by atoms with Gasteiger partial charge in [-0.3, -0.25) is 14.9 Å². The highest BCUT2D eigenvalue weighted by molar-refractivity contribution is 7.89. The summed E-state index contributed by atoms with van der Waals surface area (Å²) in [7, 11) is -4.18. The van der Waals surface area contributed by atoms with E-state index in [0.29, 0.717) is 6.42 Å². The molecule has 0 amide bonds. The first-order valence-corrected chi connectivity index (χ1v) is 7.33. The van der Waals surface area contributed by atoms with E-state index in [9.17, 15) is 23.3 Å². The van der Waals surface area contributed by atoms with E-state index in [0.717, 1.165) is 16.6 Å². The normalized spacial score (nSPS) is 19.5. The molecule has 1 saturated heterocycles. The Bertz CT molecular complexity index is 703. The molecule has 1 aliphatic heterocycles. The van der Waals surface area contributed by atoms with Crippen molar-refractivity contribution in [2.75, 3.05) is 12.3 Å². The summed E-state index contributed by atoms with van der Waals surface area (Å²) in [6.07, 6.45) is 1.48. The van der Waals surface area contributed by atoms with Crippen molar-refractivity contribution in [3.05, 3.63) is 22.4 Å². The van der Waals surface area contributed by atoms with Crippen LogP contribution in [0.2, 0.25) is 0 Å². The molecule has 2 rings (SSSR count). The Labute approximate surface area is 119 Å². The number of carbonyl (C=O) groups is 1. The number of anilines is 1. The van der Waals surface area contributed by atoms with Crippen LogP contribution < -0.4 is 5.73 Å². The highest BCUT2D eigenvalue weighted by Gasteiger charge is 2.40. The van der Waals surface area contributed by atoms with E-state index < -0.39 is 43.4 Å². The van der Waals surface area contributed by atoms with Crippen LogP contribution in [-0.2, 0) is 14.8 Å². The predicted octanol–water partition coefficient (Wildman–Crippen LogP) is -0.190. The predicted molar refractivity (Wildman–Crippen MR) is 69.9 cm³/mol. The fourth-order valence-corrected chi connectivity index (χ4v) is 3.76. The Hall–Kier alpha value is -2.27. The van der Waals surface area contributed by atoms with E-state index in [1.165, 1.54) is 0 Å². The number of rotatable bonds is 4. The van der Waals surface area contributed by atoms with Gasteiger partial charge in [0.2, 0.25) is 15.8 Å². The van der Waals surface area contributed by atoms with Crippen molar-refractivity contribution >= 4 is 27.5 Å². The van der Waals surface area contributed by atoms with Crippen LogP contribution in [0.25, 0.3) is 0 Å². The average molecular weight is 316 g/mol. The lowest BCUT2D eigenvalue weighted by Gasteiger charge is -2.20. The third-order valence-electron chi connectivity index (χ3n) is 3.16. The van der Waals surface area contributed by atoms with Crippen molar-refractivity contribution in [1.29, 1.82) is 0 Å². The van der Waals surface area contributed by atoms with Crippen LogP contribution in [0, 0.1) is 10.1 Å². The molecule has 1 aromatic heterocycles. The summed E-state index contributed by atoms with van der Waals surface area (Å²) in [6, 6.07) is -0.388. The molecule has 114 valence electrons. The van der Waals surface area contributed by atoms with E-state index in [2.05, 4.69) is 4.98 Å². The van der Waals surface area contributed by atoms with Gasteiger partial charge < -0.3 is 10.8 Å². The number of aliphatic carboxylic acids is 1. The van der Waals surface area contributed by atoms with Gasteiger partial charge in [-0.05, 0) is 12.8 Å². The number of hydrogen-bond donors (Lipinski definition) is 2. The molecule has 1 unspecified atom stereocenters. The zero-order valence-electron chi connectivity index (χ0n) is 10.7. The lowest BCUT2D eigenvalue weighted by molar-refractivity contribution is -0.384. The van der Waals surface area contributed by atoms with Crippen LogP contribution in [0.4, 0.5) is 11.5 Å². The quantitative estimate of drug-likeness (QED) is 0.571. The summed E-state index contributed by atoms with van der Waals surface area (Å²) in [6.45, 7) is 0.0392. The molecule has 0 aliphatic carbocycles. The maximum Gasteiger partial charge on any atom is 0.322 e. The van der Waals surface area contributed by atoms with Crippen molar-refractivity contribution in [3.8, 4) is 0 Å². The Morgan fingerprint density at radius 2 is 2.24 bits per heavy atom. The fourth-order valence-electron chi connectivity index (χ4n) is 2.14. The minimum absolute atomic E-state index is 0.0392. The number of carboxylic acids is 1. The second-order valence-corrected chi connectivity index (χ2v) is 6.34. The monoisotopic (exact) mass is 316 g/mol. The van der Waals surface area contributed by atoms with Crippen molar-refractivity contribution in [2.45, 2.75) is 23.8 Å². The minimum Gasteiger partial charge on any atom is -0.480 e. The summed E-state index contributed by atoms with van der Waals surface area (Å²) >= 11 is 0. The number of pyridine rings is 1. The highest BCUT2D eigenvalue weighted by Crippen LogP contribution is 2.29. The molecule has 3 N–H and O–H groups in total. The van der Waals surface area contributed by atoms with E-state index in [1.54, 1.807) is 0 Å². The van der Waals surface area contributed by atoms with Gasteiger partial charge in [-0.15, -0.1) is 0 Å². The molecule has 1 aliphatic rings. The Morgan fingerprint density at radius 1 is 1.57 bits per heavy atom. The summed E-state index contributed by atoms with van der Waals surface area (Å²) in [5, 5.41) is 19.8. The summed E-state index contributed by atoms with van der Waals surface area (Å²) in [4.78, 5) is 24.0. The van der Waals surface area contributed by atoms with Gasteiger partial charge in [-0.2, -0.15) is 4.31 Å². The molecule has 0 radical (unpaired) electrons. The molecule has 0 saturated carbocycles. The van der Waals surface area contributed by atoms with Crippen molar-refractivity contribution < 1.29 is 23.2 Å². The Balaban J connectivity index is 2.47. The number of nitrogens with zero attached hydrogens (tertiary/aromatic N) is 3. The topological polar surface area (TPSA) is 157 Å². The van der Waals surface area contributed by atoms with Crippen LogP contribution in [0.15, 0.2) is 17.2 Å². The molecule has 2 heterocycles. The number of carboxylic acid groups (broad SMARTS) is 1. The van der Waals surface area contributed by atoms with Gasteiger partial charge in [-0.1, -0.05) is 0 Å². The Kier molecular flexibility index (Phi) is 3.78. The third kappa shape index (κ3) is 2.64. The second-order valence-electron chi connectivity index (χ2n) is 4.44. The van der Waals surface area contributed by atoms with Crippen molar-refractivity contribution in [2.24, 2.45) is 0 Å². The summed E-state index contributed by atoms with van der Waals surface area (Å²) in [5.41, 5.74) is 4.67. The van der Waals surface area contributed by atoms with Crippen molar-refractivity contribution in [3.63, 3.8) is 0 Å². The van der Waals surface area contributed by atoms with E-state index in [4.69, 9.17) is 10.8 Å². The zero-order valence-corrected chi connectivity index (χ0v) is 11.5. The molecule has 0 spiro atoms. The molecule has 10 nitrogen and oxygen atoms in total. The summed E-state index contributed by atoms with van der Waals surface area (Å²) < 4.78 is 25.6. The lowest BCUT2D eigenvalue weighted by Crippen LogP contribution is -2.40. The first-order chi connectivity index (χ1) is 9.75. The molecular weight excluding hydrogens is 304 g/mol. The molecule has 1 aromatic rings. The van der Waals surface area contributed by atoms with Gasteiger partial charge in [0.1, 0.15) is 10.9 Å². The van der Waals surface area contributed by atoms with Gasteiger partial charge in [0, 0.05) is 18.8 Å². The maximum atomic E-state index is 12.4. The van der Waals surface area contributed by atoms with Gasteiger partial charge in [0.05, 0.1) is 4.92 Å². The average Bonchev–Trinajstić information content (AvgIpc) is 2.88. The summed E-state index contributed by atoms with van der Waals surface area (Å²) in [5.74, 6) is -1.66. The molecule has 0 bridgehead atoms. The van der Waals surface area contributed by atoms with Gasteiger partial charge >= 0.3 is 11.7 Å².